The summed E-state index contributed by atoms with van der Waals surface area (Å²) in [6.45, 7) is 1.69. The van der Waals surface area contributed by atoms with Crippen LogP contribution in [0.5, 0.6) is 0 Å². The van der Waals surface area contributed by atoms with Crippen LogP contribution in [-0.2, 0) is 14.2 Å². The molecule has 1 unspecified atom stereocenters. The van der Waals surface area contributed by atoms with Gasteiger partial charge < -0.3 is 14.2 Å². The highest BCUT2D eigenvalue weighted by atomic mass is 127. The number of rotatable bonds is 4. The smallest absolute Gasteiger partial charge is 0.340 e. The SMILES string of the molecule is Cc1ccccc1C(=O)O[C@@H]1OC(I)C(F)(F)[C@@H]1OC(=O)c1ccccc1. The van der Waals surface area contributed by atoms with Crippen molar-refractivity contribution in [3.05, 3.63) is 71.3 Å². The molecule has 5 nitrogen and oxygen atoms in total. The van der Waals surface area contributed by atoms with Gasteiger partial charge in [-0.15, -0.1) is 0 Å². The van der Waals surface area contributed by atoms with Crippen LogP contribution in [-0.4, -0.2) is 34.4 Å². The van der Waals surface area contributed by atoms with Crippen molar-refractivity contribution in [2.45, 2.75) is 29.4 Å². The first kappa shape index (κ1) is 19.7. The summed E-state index contributed by atoms with van der Waals surface area (Å²) in [5, 5.41) is 0. The van der Waals surface area contributed by atoms with Crippen molar-refractivity contribution < 1.29 is 32.6 Å². The summed E-state index contributed by atoms with van der Waals surface area (Å²) >= 11 is 1.38. The van der Waals surface area contributed by atoms with Crippen molar-refractivity contribution in [1.29, 1.82) is 0 Å². The molecule has 1 saturated heterocycles. The van der Waals surface area contributed by atoms with E-state index in [1.165, 1.54) is 40.8 Å². The normalized spacial score (nSPS) is 23.6. The zero-order valence-electron chi connectivity index (χ0n) is 14.1. The van der Waals surface area contributed by atoms with Crippen LogP contribution in [0.3, 0.4) is 0 Å². The molecule has 0 radical (unpaired) electrons. The summed E-state index contributed by atoms with van der Waals surface area (Å²) in [6, 6.07) is 14.3. The van der Waals surface area contributed by atoms with Crippen molar-refractivity contribution in [1.82, 2.24) is 0 Å². The molecular formula is C19H15F2IO5. The topological polar surface area (TPSA) is 61.8 Å². The standard InChI is InChI=1S/C19H15F2IO5/c1-11-7-5-6-10-13(11)16(24)26-17-14(19(20,21)18(22)27-17)25-15(23)12-8-3-2-4-9-12/h2-10,14,17-18H,1H3/t14-,17-,18?/m1/s1. The Balaban J connectivity index is 1.80. The molecule has 2 aromatic carbocycles. The van der Waals surface area contributed by atoms with E-state index in [4.69, 9.17) is 14.2 Å². The van der Waals surface area contributed by atoms with E-state index in [1.54, 1.807) is 43.3 Å². The lowest BCUT2D eigenvalue weighted by Gasteiger charge is -2.22. The first-order chi connectivity index (χ1) is 12.8. The van der Waals surface area contributed by atoms with Crippen LogP contribution in [0.15, 0.2) is 54.6 Å². The van der Waals surface area contributed by atoms with E-state index >= 15 is 0 Å². The molecule has 0 spiro atoms. The molecule has 3 rings (SSSR count). The van der Waals surface area contributed by atoms with Crippen LogP contribution >= 0.6 is 22.6 Å². The third-order valence-corrected chi connectivity index (χ3v) is 5.14. The van der Waals surface area contributed by atoms with E-state index in [0.717, 1.165) is 0 Å². The van der Waals surface area contributed by atoms with Gasteiger partial charge in [-0.1, -0.05) is 36.4 Å². The summed E-state index contributed by atoms with van der Waals surface area (Å²) in [7, 11) is 0. The van der Waals surface area contributed by atoms with E-state index in [1.807, 2.05) is 0 Å². The Morgan fingerprint density at radius 3 is 2.30 bits per heavy atom. The van der Waals surface area contributed by atoms with Gasteiger partial charge in [0.05, 0.1) is 11.1 Å². The minimum Gasteiger partial charge on any atom is -0.445 e. The molecule has 0 saturated carbocycles. The predicted octanol–water partition coefficient (Wildman–Crippen LogP) is 4.13. The van der Waals surface area contributed by atoms with Crippen molar-refractivity contribution >= 4 is 34.5 Å². The number of benzene rings is 2. The molecule has 8 heteroatoms. The van der Waals surface area contributed by atoms with Gasteiger partial charge in [0.15, 0.2) is 4.11 Å². The average Bonchev–Trinajstić information content (AvgIpc) is 2.85. The number of carbonyl (C=O) groups excluding carboxylic acids is 2. The predicted molar refractivity (Wildman–Crippen MR) is 99.9 cm³/mol. The molecule has 0 aliphatic carbocycles. The maximum atomic E-state index is 14.5. The van der Waals surface area contributed by atoms with Gasteiger partial charge in [-0.25, -0.2) is 9.59 Å². The molecule has 27 heavy (non-hydrogen) atoms. The largest absolute Gasteiger partial charge is 0.445 e. The van der Waals surface area contributed by atoms with Crippen molar-refractivity contribution in [2.75, 3.05) is 0 Å². The maximum Gasteiger partial charge on any atom is 0.340 e. The second-order valence-corrected chi connectivity index (χ2v) is 7.04. The van der Waals surface area contributed by atoms with Crippen LogP contribution in [0.1, 0.15) is 26.3 Å². The van der Waals surface area contributed by atoms with Gasteiger partial charge in [0.2, 0.25) is 12.4 Å². The van der Waals surface area contributed by atoms with Gasteiger partial charge in [-0.3, -0.25) is 0 Å². The molecule has 1 aliphatic heterocycles. The van der Waals surface area contributed by atoms with E-state index in [0.29, 0.717) is 5.56 Å². The number of aryl methyl sites for hydroxylation is 1. The van der Waals surface area contributed by atoms with Crippen LogP contribution in [0.25, 0.3) is 0 Å². The number of hydrogen-bond acceptors (Lipinski definition) is 5. The molecule has 2 aromatic rings. The Bertz CT molecular complexity index is 843. The molecule has 142 valence electrons. The second kappa shape index (κ2) is 7.89. The van der Waals surface area contributed by atoms with Gasteiger partial charge in [0, 0.05) is 0 Å². The number of halogens is 3. The minimum atomic E-state index is -3.53. The van der Waals surface area contributed by atoms with Crippen LogP contribution in [0.2, 0.25) is 0 Å². The monoisotopic (exact) mass is 488 g/mol. The van der Waals surface area contributed by atoms with E-state index in [9.17, 15) is 18.4 Å². The highest BCUT2D eigenvalue weighted by Gasteiger charge is 2.62. The van der Waals surface area contributed by atoms with E-state index < -0.39 is 34.4 Å². The molecule has 0 N–H and O–H groups in total. The van der Waals surface area contributed by atoms with Crippen LogP contribution in [0.4, 0.5) is 8.78 Å². The first-order valence-electron chi connectivity index (χ1n) is 8.00. The number of ether oxygens (including phenoxy) is 3. The molecule has 0 aromatic heterocycles. The number of alkyl halides is 3. The number of esters is 2. The Labute approximate surface area is 167 Å². The van der Waals surface area contributed by atoms with Crippen LogP contribution in [0, 0.1) is 6.92 Å². The molecule has 1 aliphatic rings. The molecule has 3 atom stereocenters. The van der Waals surface area contributed by atoms with Gasteiger partial charge in [-0.2, -0.15) is 8.78 Å². The third kappa shape index (κ3) is 4.11. The molecule has 0 amide bonds. The van der Waals surface area contributed by atoms with Gasteiger partial charge >= 0.3 is 17.9 Å². The Morgan fingerprint density at radius 2 is 1.63 bits per heavy atom. The summed E-state index contributed by atoms with van der Waals surface area (Å²) in [6.07, 6.45) is -3.78. The molecule has 1 fully saturated rings. The fourth-order valence-electron chi connectivity index (χ4n) is 2.54. The Morgan fingerprint density at radius 1 is 1.00 bits per heavy atom. The maximum absolute atomic E-state index is 14.5. The highest BCUT2D eigenvalue weighted by Crippen LogP contribution is 2.42. The summed E-state index contributed by atoms with van der Waals surface area (Å²) in [5.74, 6) is -5.31. The average molecular weight is 488 g/mol. The fraction of sp³-hybridized carbons (Fsp3) is 0.263. The van der Waals surface area contributed by atoms with E-state index in [-0.39, 0.29) is 11.1 Å². The Hall–Kier alpha value is -2.07. The quantitative estimate of drug-likeness (QED) is 0.368. The van der Waals surface area contributed by atoms with Crippen molar-refractivity contribution in [3.8, 4) is 0 Å². The highest BCUT2D eigenvalue weighted by molar-refractivity contribution is 14.1. The fourth-order valence-corrected chi connectivity index (χ4v) is 3.19. The van der Waals surface area contributed by atoms with Crippen molar-refractivity contribution in [3.63, 3.8) is 0 Å². The van der Waals surface area contributed by atoms with Gasteiger partial charge in [0.25, 0.3) is 0 Å². The zero-order chi connectivity index (χ0) is 19.6. The summed E-state index contributed by atoms with van der Waals surface area (Å²) in [5.41, 5.74) is 0.944. The second-order valence-electron chi connectivity index (χ2n) is 5.91. The lowest BCUT2D eigenvalue weighted by molar-refractivity contribution is -0.139. The van der Waals surface area contributed by atoms with Gasteiger partial charge in [0.1, 0.15) is 0 Å². The molecular weight excluding hydrogens is 473 g/mol. The molecule has 0 bridgehead atoms. The van der Waals surface area contributed by atoms with Crippen molar-refractivity contribution in [2.24, 2.45) is 0 Å². The first-order valence-corrected chi connectivity index (χ1v) is 9.25. The lowest BCUT2D eigenvalue weighted by Crippen LogP contribution is -2.43. The lowest BCUT2D eigenvalue weighted by atomic mass is 10.1. The van der Waals surface area contributed by atoms with E-state index in [2.05, 4.69) is 0 Å². The number of hydrogen-bond donors (Lipinski definition) is 0. The summed E-state index contributed by atoms with van der Waals surface area (Å²) < 4.78 is 42.5. The zero-order valence-corrected chi connectivity index (χ0v) is 16.3. The number of carbonyl (C=O) groups is 2. The Kier molecular flexibility index (Phi) is 5.75. The third-order valence-electron chi connectivity index (χ3n) is 4.01. The molecule has 1 heterocycles. The van der Waals surface area contributed by atoms with Gasteiger partial charge in [-0.05, 0) is 53.3 Å². The summed E-state index contributed by atoms with van der Waals surface area (Å²) in [4.78, 5) is 24.5. The minimum absolute atomic E-state index is 0.106. The van der Waals surface area contributed by atoms with Crippen LogP contribution < -0.4 is 0 Å².